The molecular formula is C13H13ClFN5. The summed E-state index contributed by atoms with van der Waals surface area (Å²) < 4.78 is 17.0. The van der Waals surface area contributed by atoms with E-state index in [4.69, 9.17) is 17.3 Å². The summed E-state index contributed by atoms with van der Waals surface area (Å²) in [4.78, 5) is 4.15. The van der Waals surface area contributed by atoms with Gasteiger partial charge in [-0.15, -0.1) is 0 Å². The highest BCUT2D eigenvalue weighted by molar-refractivity contribution is 6.31. The average Bonchev–Trinajstić information content (AvgIpc) is 2.92. The van der Waals surface area contributed by atoms with Crippen LogP contribution in [0.5, 0.6) is 0 Å². The number of aryl methyl sites for hydroxylation is 3. The van der Waals surface area contributed by atoms with Gasteiger partial charge in [-0.25, -0.2) is 9.37 Å². The van der Waals surface area contributed by atoms with E-state index in [1.54, 1.807) is 10.7 Å². The number of benzene rings is 1. The van der Waals surface area contributed by atoms with Crippen LogP contribution in [0, 0.1) is 5.82 Å². The van der Waals surface area contributed by atoms with Crippen molar-refractivity contribution < 1.29 is 4.39 Å². The lowest BCUT2D eigenvalue weighted by Crippen LogP contribution is -2.06. The largest absolute Gasteiger partial charge is 0.369 e. The highest BCUT2D eigenvalue weighted by Crippen LogP contribution is 2.25. The highest BCUT2D eigenvalue weighted by Gasteiger charge is 2.12. The Labute approximate surface area is 119 Å². The van der Waals surface area contributed by atoms with E-state index in [2.05, 4.69) is 10.1 Å². The molecule has 20 heavy (non-hydrogen) atoms. The van der Waals surface area contributed by atoms with Gasteiger partial charge in [-0.1, -0.05) is 11.6 Å². The van der Waals surface area contributed by atoms with Gasteiger partial charge in [-0.2, -0.15) is 5.10 Å². The molecular weight excluding hydrogens is 281 g/mol. The van der Waals surface area contributed by atoms with Gasteiger partial charge >= 0.3 is 0 Å². The molecule has 104 valence electrons. The van der Waals surface area contributed by atoms with Gasteiger partial charge in [0.1, 0.15) is 5.82 Å². The van der Waals surface area contributed by atoms with Crippen molar-refractivity contribution in [2.24, 2.45) is 7.05 Å². The van der Waals surface area contributed by atoms with Crippen LogP contribution in [0.25, 0.3) is 11.0 Å². The van der Waals surface area contributed by atoms with Crippen LogP contribution >= 0.6 is 11.6 Å². The van der Waals surface area contributed by atoms with Gasteiger partial charge in [-0.3, -0.25) is 4.68 Å². The predicted octanol–water partition coefficient (Wildman–Crippen LogP) is 2.39. The van der Waals surface area contributed by atoms with Gasteiger partial charge in [-0.05, 0) is 12.1 Å². The van der Waals surface area contributed by atoms with Gasteiger partial charge in [0.15, 0.2) is 0 Å². The molecule has 0 unspecified atom stereocenters. The monoisotopic (exact) mass is 293 g/mol. The van der Waals surface area contributed by atoms with Gasteiger partial charge in [0.25, 0.3) is 0 Å². The minimum atomic E-state index is -0.492. The Balaban J connectivity index is 1.94. The van der Waals surface area contributed by atoms with E-state index >= 15 is 0 Å². The third-order valence-corrected chi connectivity index (χ3v) is 3.47. The lowest BCUT2D eigenvalue weighted by molar-refractivity contribution is 0.629. The average molecular weight is 294 g/mol. The van der Waals surface area contributed by atoms with E-state index < -0.39 is 5.82 Å². The molecule has 0 atom stereocenters. The molecule has 2 heterocycles. The van der Waals surface area contributed by atoms with Crippen molar-refractivity contribution in [3.8, 4) is 0 Å². The van der Waals surface area contributed by atoms with E-state index in [0.717, 1.165) is 11.2 Å². The molecule has 0 saturated carbocycles. The SMILES string of the molecule is Cn1ccc(CCn2c(N)nc3cc(F)c(Cl)cc32)n1. The minimum Gasteiger partial charge on any atom is -0.369 e. The van der Waals surface area contributed by atoms with E-state index in [1.807, 2.05) is 23.9 Å². The zero-order valence-electron chi connectivity index (χ0n) is 10.8. The van der Waals surface area contributed by atoms with Crippen LogP contribution in [0.3, 0.4) is 0 Å². The van der Waals surface area contributed by atoms with Gasteiger partial charge < -0.3 is 10.3 Å². The first-order valence-corrected chi connectivity index (χ1v) is 6.51. The fourth-order valence-corrected chi connectivity index (χ4v) is 2.35. The number of anilines is 1. The number of hydrogen-bond acceptors (Lipinski definition) is 3. The standard InChI is InChI=1S/C13H13ClFN5/c1-19-4-2-8(18-19)3-5-20-12-6-9(14)10(15)7-11(12)17-13(20)16/h2,4,6-7H,3,5H2,1H3,(H2,16,17). The quantitative estimate of drug-likeness (QED) is 0.806. The molecule has 0 aliphatic rings. The van der Waals surface area contributed by atoms with Crippen molar-refractivity contribution in [1.82, 2.24) is 19.3 Å². The Hall–Kier alpha value is -2.08. The predicted molar refractivity (Wildman–Crippen MR) is 76.0 cm³/mol. The molecule has 0 aliphatic heterocycles. The number of nitrogens with zero attached hydrogens (tertiary/aromatic N) is 4. The summed E-state index contributed by atoms with van der Waals surface area (Å²) in [5.74, 6) is -0.147. The van der Waals surface area contributed by atoms with Crippen LogP contribution in [-0.4, -0.2) is 19.3 Å². The summed E-state index contributed by atoms with van der Waals surface area (Å²) in [6.45, 7) is 0.612. The second kappa shape index (κ2) is 4.79. The number of fused-ring (bicyclic) bond motifs is 1. The third kappa shape index (κ3) is 2.22. The smallest absolute Gasteiger partial charge is 0.201 e. The molecule has 0 saturated heterocycles. The number of hydrogen-bond donors (Lipinski definition) is 1. The first kappa shape index (κ1) is 12.9. The van der Waals surface area contributed by atoms with Crippen LogP contribution in [0.1, 0.15) is 5.69 Å². The van der Waals surface area contributed by atoms with Crippen LogP contribution in [-0.2, 0) is 20.0 Å². The first-order valence-electron chi connectivity index (χ1n) is 6.14. The molecule has 0 fully saturated rings. The number of nitrogen functional groups attached to an aromatic ring is 1. The van der Waals surface area contributed by atoms with Crippen molar-refractivity contribution in [3.63, 3.8) is 0 Å². The summed E-state index contributed by atoms with van der Waals surface area (Å²) in [5.41, 5.74) is 8.08. The maximum Gasteiger partial charge on any atom is 0.201 e. The highest BCUT2D eigenvalue weighted by atomic mass is 35.5. The van der Waals surface area contributed by atoms with Crippen molar-refractivity contribution >= 4 is 28.6 Å². The molecule has 3 rings (SSSR count). The summed E-state index contributed by atoms with van der Waals surface area (Å²) >= 11 is 5.82. The summed E-state index contributed by atoms with van der Waals surface area (Å²) in [5, 5.41) is 4.37. The third-order valence-electron chi connectivity index (χ3n) is 3.18. The second-order valence-electron chi connectivity index (χ2n) is 4.61. The Morgan fingerprint density at radius 2 is 2.20 bits per heavy atom. The second-order valence-corrected chi connectivity index (χ2v) is 5.01. The molecule has 0 aliphatic carbocycles. The molecule has 0 spiro atoms. The van der Waals surface area contributed by atoms with E-state index in [-0.39, 0.29) is 5.02 Å². The van der Waals surface area contributed by atoms with Gasteiger partial charge in [0.05, 0.1) is 21.7 Å². The number of rotatable bonds is 3. The summed E-state index contributed by atoms with van der Waals surface area (Å²) in [7, 11) is 1.87. The van der Waals surface area contributed by atoms with Crippen molar-refractivity contribution in [2.75, 3.05) is 5.73 Å². The van der Waals surface area contributed by atoms with E-state index in [9.17, 15) is 4.39 Å². The van der Waals surface area contributed by atoms with E-state index in [1.165, 1.54) is 6.07 Å². The Morgan fingerprint density at radius 3 is 2.90 bits per heavy atom. The van der Waals surface area contributed by atoms with Crippen molar-refractivity contribution in [1.29, 1.82) is 0 Å². The number of aromatic nitrogens is 4. The van der Waals surface area contributed by atoms with Gasteiger partial charge in [0, 0.05) is 32.3 Å². The molecule has 7 heteroatoms. The zero-order chi connectivity index (χ0) is 14.3. The zero-order valence-corrected chi connectivity index (χ0v) is 11.6. The molecule has 0 bridgehead atoms. The first-order chi connectivity index (χ1) is 9.54. The molecule has 2 N–H and O–H groups in total. The lowest BCUT2D eigenvalue weighted by atomic mass is 10.3. The fourth-order valence-electron chi connectivity index (χ4n) is 2.20. The van der Waals surface area contributed by atoms with Crippen molar-refractivity contribution in [3.05, 3.63) is 40.9 Å². The number of halogens is 2. The molecule has 5 nitrogen and oxygen atoms in total. The molecule has 3 aromatic rings. The fraction of sp³-hybridized carbons (Fsp3) is 0.231. The Morgan fingerprint density at radius 1 is 1.40 bits per heavy atom. The van der Waals surface area contributed by atoms with Crippen LogP contribution < -0.4 is 5.73 Å². The maximum atomic E-state index is 13.4. The Bertz CT molecular complexity index is 777. The topological polar surface area (TPSA) is 61.7 Å². The van der Waals surface area contributed by atoms with Crippen LogP contribution in [0.15, 0.2) is 24.4 Å². The maximum absolute atomic E-state index is 13.4. The summed E-state index contributed by atoms with van der Waals surface area (Å²) in [6.07, 6.45) is 2.60. The van der Waals surface area contributed by atoms with Gasteiger partial charge in [0.2, 0.25) is 5.95 Å². The van der Waals surface area contributed by atoms with Crippen LogP contribution in [0.2, 0.25) is 5.02 Å². The molecule has 2 aromatic heterocycles. The normalized spacial score (nSPS) is 11.3. The Kier molecular flexibility index (Phi) is 3.10. The van der Waals surface area contributed by atoms with Crippen molar-refractivity contribution in [2.45, 2.75) is 13.0 Å². The number of imidazole rings is 1. The molecule has 1 aromatic carbocycles. The minimum absolute atomic E-state index is 0.0662. The molecule has 0 radical (unpaired) electrons. The lowest BCUT2D eigenvalue weighted by Gasteiger charge is -2.05. The van der Waals surface area contributed by atoms with Crippen LogP contribution in [0.4, 0.5) is 10.3 Å². The van der Waals surface area contributed by atoms with E-state index in [0.29, 0.717) is 24.4 Å². The number of nitrogens with two attached hydrogens (primary N) is 1. The summed E-state index contributed by atoms with van der Waals surface area (Å²) in [6, 6.07) is 4.79. The molecule has 0 amide bonds.